The molecule has 3 nitrogen and oxygen atoms in total. The first-order valence-electron chi connectivity index (χ1n) is 5.16. The molecule has 1 unspecified atom stereocenters. The van der Waals surface area contributed by atoms with Gasteiger partial charge in [0.05, 0.1) is 13.0 Å². The second kappa shape index (κ2) is 5.95. The van der Waals surface area contributed by atoms with E-state index in [9.17, 15) is 4.79 Å². The van der Waals surface area contributed by atoms with Crippen molar-refractivity contribution in [3.05, 3.63) is 42.5 Å². The summed E-state index contributed by atoms with van der Waals surface area (Å²) >= 11 is 0. The van der Waals surface area contributed by atoms with Gasteiger partial charge in [-0.05, 0) is 30.5 Å². The Kier molecular flexibility index (Phi) is 4.58. The third-order valence-corrected chi connectivity index (χ3v) is 2.48. The van der Waals surface area contributed by atoms with Crippen LogP contribution in [0.3, 0.4) is 0 Å². The van der Waals surface area contributed by atoms with Gasteiger partial charge in [-0.3, -0.25) is 4.79 Å². The maximum Gasteiger partial charge on any atom is 0.310 e. The average molecular weight is 220 g/mol. The Morgan fingerprint density at radius 1 is 1.50 bits per heavy atom. The molecule has 0 aliphatic carbocycles. The Labute approximate surface area is 95.4 Å². The van der Waals surface area contributed by atoms with E-state index in [0.29, 0.717) is 12.8 Å². The van der Waals surface area contributed by atoms with E-state index in [0.717, 1.165) is 11.3 Å². The Hall–Kier alpha value is -1.77. The molecule has 0 aliphatic rings. The molecule has 3 heteroatoms. The third kappa shape index (κ3) is 3.12. The zero-order valence-corrected chi connectivity index (χ0v) is 9.35. The van der Waals surface area contributed by atoms with Gasteiger partial charge < -0.3 is 9.84 Å². The first kappa shape index (κ1) is 12.3. The number of benzene rings is 1. The summed E-state index contributed by atoms with van der Waals surface area (Å²) in [6.45, 7) is 3.60. The highest BCUT2D eigenvalue weighted by molar-refractivity contribution is 5.76. The normalized spacial score (nSPS) is 11.8. The van der Waals surface area contributed by atoms with E-state index in [1.165, 1.54) is 0 Å². The lowest BCUT2D eigenvalue weighted by Gasteiger charge is -2.11. The number of carboxylic acids is 1. The van der Waals surface area contributed by atoms with Gasteiger partial charge in [0.1, 0.15) is 5.75 Å². The van der Waals surface area contributed by atoms with Crippen molar-refractivity contribution in [1.29, 1.82) is 0 Å². The maximum absolute atomic E-state index is 11.1. The van der Waals surface area contributed by atoms with Crippen molar-refractivity contribution in [2.75, 3.05) is 7.11 Å². The fourth-order valence-corrected chi connectivity index (χ4v) is 1.55. The molecule has 1 aromatic rings. The monoisotopic (exact) mass is 220 g/mol. The van der Waals surface area contributed by atoms with Crippen molar-refractivity contribution in [2.24, 2.45) is 0 Å². The quantitative estimate of drug-likeness (QED) is 0.750. The summed E-state index contributed by atoms with van der Waals surface area (Å²) in [7, 11) is 1.58. The molecule has 1 atom stereocenters. The lowest BCUT2D eigenvalue weighted by Crippen LogP contribution is -2.11. The predicted molar refractivity (Wildman–Crippen MR) is 62.8 cm³/mol. The van der Waals surface area contributed by atoms with Crippen molar-refractivity contribution in [1.82, 2.24) is 0 Å². The number of allylic oxidation sites excluding steroid dienone is 1. The van der Waals surface area contributed by atoms with Crippen LogP contribution >= 0.6 is 0 Å². The number of ether oxygens (including phenoxy) is 1. The maximum atomic E-state index is 11.1. The number of rotatable bonds is 6. The number of hydrogen-bond donors (Lipinski definition) is 1. The van der Waals surface area contributed by atoms with Crippen LogP contribution in [0.5, 0.6) is 5.75 Å². The van der Waals surface area contributed by atoms with E-state index in [4.69, 9.17) is 9.84 Å². The minimum atomic E-state index is -0.799. The second-order valence-corrected chi connectivity index (χ2v) is 3.53. The summed E-state index contributed by atoms with van der Waals surface area (Å²) in [5.41, 5.74) is 0.801. The number of hydrogen-bond acceptors (Lipinski definition) is 2. The molecule has 0 bridgehead atoms. The lowest BCUT2D eigenvalue weighted by atomic mass is 9.94. The molecule has 0 saturated carbocycles. The minimum Gasteiger partial charge on any atom is -0.497 e. The average Bonchev–Trinajstić information content (AvgIpc) is 2.30. The summed E-state index contributed by atoms with van der Waals surface area (Å²) in [6.07, 6.45) is 3.01. The van der Waals surface area contributed by atoms with Crippen LogP contribution in [0.2, 0.25) is 0 Å². The van der Waals surface area contributed by atoms with Crippen LogP contribution in [0.1, 0.15) is 24.3 Å². The van der Waals surface area contributed by atoms with Gasteiger partial charge in [-0.25, -0.2) is 0 Å². The molecule has 0 spiro atoms. The number of carbonyl (C=O) groups is 1. The molecule has 0 aliphatic heterocycles. The first-order valence-corrected chi connectivity index (χ1v) is 5.16. The molecule has 1 rings (SSSR count). The van der Waals surface area contributed by atoms with Crippen LogP contribution in [0.15, 0.2) is 36.9 Å². The molecule has 0 heterocycles. The van der Waals surface area contributed by atoms with Gasteiger partial charge in [0.2, 0.25) is 0 Å². The highest BCUT2D eigenvalue weighted by atomic mass is 16.5. The summed E-state index contributed by atoms with van der Waals surface area (Å²) < 4.78 is 5.03. The Morgan fingerprint density at radius 3 is 2.56 bits per heavy atom. The minimum absolute atomic E-state index is 0.469. The van der Waals surface area contributed by atoms with Crippen LogP contribution < -0.4 is 4.74 Å². The summed E-state index contributed by atoms with van der Waals surface area (Å²) in [5, 5.41) is 9.11. The second-order valence-electron chi connectivity index (χ2n) is 3.53. The van der Waals surface area contributed by atoms with E-state index in [1.807, 2.05) is 0 Å². The molecule has 86 valence electrons. The number of carboxylic acid groups (broad SMARTS) is 1. The standard InChI is InChI=1S/C13H16O3/c1-3-4-5-12(13(14)15)10-6-8-11(16-2)9-7-10/h3,6-9,12H,1,4-5H2,2H3,(H,14,15). The highest BCUT2D eigenvalue weighted by Gasteiger charge is 2.18. The molecule has 0 amide bonds. The van der Waals surface area contributed by atoms with E-state index in [1.54, 1.807) is 37.5 Å². The molecule has 1 N–H and O–H groups in total. The predicted octanol–water partition coefficient (Wildman–Crippen LogP) is 2.83. The smallest absolute Gasteiger partial charge is 0.310 e. The van der Waals surface area contributed by atoms with E-state index >= 15 is 0 Å². The lowest BCUT2D eigenvalue weighted by molar-refractivity contribution is -0.138. The van der Waals surface area contributed by atoms with Crippen molar-refractivity contribution in [3.8, 4) is 5.75 Å². The Bertz CT molecular complexity index is 354. The van der Waals surface area contributed by atoms with Crippen LogP contribution in [-0.2, 0) is 4.79 Å². The van der Waals surface area contributed by atoms with Gasteiger partial charge in [0.15, 0.2) is 0 Å². The molecule has 0 radical (unpaired) electrons. The van der Waals surface area contributed by atoms with E-state index in [2.05, 4.69) is 6.58 Å². The van der Waals surface area contributed by atoms with Gasteiger partial charge >= 0.3 is 5.97 Å². The molecule has 0 aromatic heterocycles. The third-order valence-electron chi connectivity index (χ3n) is 2.48. The van der Waals surface area contributed by atoms with E-state index in [-0.39, 0.29) is 0 Å². The zero-order chi connectivity index (χ0) is 12.0. The molecule has 1 aromatic carbocycles. The molecule has 16 heavy (non-hydrogen) atoms. The topological polar surface area (TPSA) is 46.5 Å². The van der Waals surface area contributed by atoms with Crippen LogP contribution in [0.25, 0.3) is 0 Å². The van der Waals surface area contributed by atoms with Gasteiger partial charge in [0.25, 0.3) is 0 Å². The zero-order valence-electron chi connectivity index (χ0n) is 9.35. The molecule has 0 saturated heterocycles. The summed E-state index contributed by atoms with van der Waals surface area (Å²) in [6, 6.07) is 7.14. The van der Waals surface area contributed by atoms with Crippen LogP contribution in [0.4, 0.5) is 0 Å². The van der Waals surface area contributed by atoms with Crippen molar-refractivity contribution >= 4 is 5.97 Å². The van der Waals surface area contributed by atoms with Gasteiger partial charge in [-0.15, -0.1) is 6.58 Å². The summed E-state index contributed by atoms with van der Waals surface area (Å²) in [4.78, 5) is 11.1. The van der Waals surface area contributed by atoms with Gasteiger partial charge in [-0.1, -0.05) is 18.2 Å². The Morgan fingerprint density at radius 2 is 2.12 bits per heavy atom. The van der Waals surface area contributed by atoms with Crippen LogP contribution in [-0.4, -0.2) is 18.2 Å². The largest absolute Gasteiger partial charge is 0.497 e. The van der Waals surface area contributed by atoms with Crippen molar-refractivity contribution < 1.29 is 14.6 Å². The van der Waals surface area contributed by atoms with Gasteiger partial charge in [0, 0.05) is 0 Å². The van der Waals surface area contributed by atoms with Crippen molar-refractivity contribution in [3.63, 3.8) is 0 Å². The first-order chi connectivity index (χ1) is 7.69. The van der Waals surface area contributed by atoms with Gasteiger partial charge in [-0.2, -0.15) is 0 Å². The van der Waals surface area contributed by atoms with Crippen molar-refractivity contribution in [2.45, 2.75) is 18.8 Å². The molecular weight excluding hydrogens is 204 g/mol. The fraction of sp³-hybridized carbons (Fsp3) is 0.308. The highest BCUT2D eigenvalue weighted by Crippen LogP contribution is 2.24. The molecular formula is C13H16O3. The van der Waals surface area contributed by atoms with E-state index < -0.39 is 11.9 Å². The number of methoxy groups -OCH3 is 1. The number of aliphatic carboxylic acids is 1. The SMILES string of the molecule is C=CCCC(C(=O)O)c1ccc(OC)cc1. The Balaban J connectivity index is 2.83. The summed E-state index contributed by atoms with van der Waals surface area (Å²) in [5.74, 6) is -0.535. The fourth-order valence-electron chi connectivity index (χ4n) is 1.55. The molecule has 0 fully saturated rings. The van der Waals surface area contributed by atoms with Crippen LogP contribution in [0, 0.1) is 0 Å².